The first-order valence-electron chi connectivity index (χ1n) is 3.90. The number of nitrogen functional groups attached to an aromatic ring is 1. The SMILES string of the molecule is CCC(=O)c1c(N)c(C)nn1C. The van der Waals surface area contributed by atoms with Crippen LogP contribution in [-0.4, -0.2) is 15.6 Å². The molecule has 0 saturated carbocycles. The van der Waals surface area contributed by atoms with Crippen molar-refractivity contribution in [1.82, 2.24) is 9.78 Å². The fourth-order valence-electron chi connectivity index (χ4n) is 1.17. The third-order valence-electron chi connectivity index (χ3n) is 1.85. The predicted molar refractivity (Wildman–Crippen MR) is 47.0 cm³/mol. The van der Waals surface area contributed by atoms with Crippen molar-refractivity contribution in [2.45, 2.75) is 20.3 Å². The first-order valence-corrected chi connectivity index (χ1v) is 3.90. The van der Waals surface area contributed by atoms with Crippen LogP contribution in [-0.2, 0) is 7.05 Å². The number of aryl methyl sites for hydroxylation is 2. The summed E-state index contributed by atoms with van der Waals surface area (Å²) in [5.74, 6) is 0.0376. The highest BCUT2D eigenvalue weighted by Crippen LogP contribution is 2.16. The Kier molecular flexibility index (Phi) is 2.17. The third-order valence-corrected chi connectivity index (χ3v) is 1.85. The van der Waals surface area contributed by atoms with Gasteiger partial charge in [0.25, 0.3) is 0 Å². The number of anilines is 1. The highest BCUT2D eigenvalue weighted by molar-refractivity contribution is 5.99. The van der Waals surface area contributed by atoms with Gasteiger partial charge in [0.2, 0.25) is 0 Å². The number of ketones is 1. The summed E-state index contributed by atoms with van der Waals surface area (Å²) >= 11 is 0. The van der Waals surface area contributed by atoms with Gasteiger partial charge in [-0.05, 0) is 6.92 Å². The van der Waals surface area contributed by atoms with Crippen LogP contribution in [0.2, 0.25) is 0 Å². The zero-order chi connectivity index (χ0) is 9.30. The number of nitrogens with zero attached hydrogens (tertiary/aromatic N) is 2. The molecule has 1 aromatic heterocycles. The van der Waals surface area contributed by atoms with Crippen molar-refractivity contribution >= 4 is 11.5 Å². The molecule has 12 heavy (non-hydrogen) atoms. The monoisotopic (exact) mass is 167 g/mol. The van der Waals surface area contributed by atoms with Crippen molar-refractivity contribution < 1.29 is 4.79 Å². The Balaban J connectivity index is 3.22. The highest BCUT2D eigenvalue weighted by atomic mass is 16.1. The number of hydrogen-bond donors (Lipinski definition) is 1. The van der Waals surface area contributed by atoms with E-state index in [-0.39, 0.29) is 5.78 Å². The van der Waals surface area contributed by atoms with Crippen molar-refractivity contribution in [3.63, 3.8) is 0 Å². The molecule has 0 unspecified atom stereocenters. The molecule has 0 saturated heterocycles. The molecule has 2 N–H and O–H groups in total. The summed E-state index contributed by atoms with van der Waals surface area (Å²) < 4.78 is 1.54. The zero-order valence-electron chi connectivity index (χ0n) is 7.59. The van der Waals surface area contributed by atoms with E-state index >= 15 is 0 Å². The Morgan fingerprint density at radius 2 is 2.25 bits per heavy atom. The summed E-state index contributed by atoms with van der Waals surface area (Å²) in [6, 6.07) is 0. The molecule has 0 radical (unpaired) electrons. The number of carbonyl (C=O) groups excluding carboxylic acids is 1. The van der Waals surface area contributed by atoms with Gasteiger partial charge in [0, 0.05) is 13.5 Å². The number of Topliss-reactive ketones (excluding diaryl/α,β-unsaturated/α-hetero) is 1. The van der Waals surface area contributed by atoms with E-state index in [1.807, 2.05) is 6.92 Å². The molecule has 1 rings (SSSR count). The van der Waals surface area contributed by atoms with E-state index in [0.717, 1.165) is 0 Å². The number of aromatic nitrogens is 2. The van der Waals surface area contributed by atoms with E-state index in [1.165, 1.54) is 4.68 Å². The summed E-state index contributed by atoms with van der Waals surface area (Å²) in [7, 11) is 1.73. The largest absolute Gasteiger partial charge is 0.395 e. The van der Waals surface area contributed by atoms with Crippen molar-refractivity contribution in [2.24, 2.45) is 7.05 Å². The Morgan fingerprint density at radius 1 is 1.67 bits per heavy atom. The second-order valence-corrected chi connectivity index (χ2v) is 2.75. The Labute approximate surface area is 71.4 Å². The van der Waals surface area contributed by atoms with Crippen molar-refractivity contribution in [3.05, 3.63) is 11.4 Å². The summed E-state index contributed by atoms with van der Waals surface area (Å²) in [4.78, 5) is 11.3. The van der Waals surface area contributed by atoms with Crippen molar-refractivity contribution in [3.8, 4) is 0 Å². The molecule has 0 aliphatic carbocycles. The lowest BCUT2D eigenvalue weighted by Crippen LogP contribution is -2.07. The number of nitrogens with two attached hydrogens (primary N) is 1. The van der Waals surface area contributed by atoms with Gasteiger partial charge in [-0.25, -0.2) is 0 Å². The Morgan fingerprint density at radius 3 is 2.58 bits per heavy atom. The van der Waals surface area contributed by atoms with Crippen LogP contribution in [0.5, 0.6) is 0 Å². The first kappa shape index (κ1) is 8.77. The van der Waals surface area contributed by atoms with Crippen molar-refractivity contribution in [1.29, 1.82) is 0 Å². The van der Waals surface area contributed by atoms with Gasteiger partial charge in [-0.2, -0.15) is 5.10 Å². The normalized spacial score (nSPS) is 10.2. The van der Waals surface area contributed by atoms with Crippen LogP contribution in [0.1, 0.15) is 29.5 Å². The first-order chi connectivity index (χ1) is 5.57. The van der Waals surface area contributed by atoms with Gasteiger partial charge in [-0.3, -0.25) is 9.48 Å². The second-order valence-electron chi connectivity index (χ2n) is 2.75. The molecule has 4 nitrogen and oxygen atoms in total. The molecule has 1 aromatic rings. The molecule has 1 heterocycles. The zero-order valence-corrected chi connectivity index (χ0v) is 7.59. The van der Waals surface area contributed by atoms with E-state index < -0.39 is 0 Å². The van der Waals surface area contributed by atoms with Crippen LogP contribution in [0.15, 0.2) is 0 Å². The van der Waals surface area contributed by atoms with E-state index in [9.17, 15) is 4.79 Å². The molecule has 0 aliphatic rings. The molecular formula is C8H13N3O. The minimum atomic E-state index is 0.0376. The Hall–Kier alpha value is -1.32. The second kappa shape index (κ2) is 2.97. The number of rotatable bonds is 2. The van der Waals surface area contributed by atoms with Crippen LogP contribution in [0.3, 0.4) is 0 Å². The summed E-state index contributed by atoms with van der Waals surface area (Å²) in [5.41, 5.74) is 7.42. The van der Waals surface area contributed by atoms with E-state index in [2.05, 4.69) is 5.10 Å². The average Bonchev–Trinajstić information content (AvgIpc) is 2.26. The lowest BCUT2D eigenvalue weighted by Gasteiger charge is -1.98. The van der Waals surface area contributed by atoms with Gasteiger partial charge < -0.3 is 5.73 Å². The van der Waals surface area contributed by atoms with Crippen LogP contribution >= 0.6 is 0 Å². The summed E-state index contributed by atoms with van der Waals surface area (Å²) in [6.45, 7) is 3.60. The third kappa shape index (κ3) is 1.20. The van der Waals surface area contributed by atoms with Gasteiger partial charge >= 0.3 is 0 Å². The summed E-state index contributed by atoms with van der Waals surface area (Å²) in [5, 5.41) is 4.05. The highest BCUT2D eigenvalue weighted by Gasteiger charge is 2.15. The quantitative estimate of drug-likeness (QED) is 0.666. The minimum absolute atomic E-state index is 0.0376. The molecule has 0 aliphatic heterocycles. The standard InChI is InChI=1S/C8H13N3O/c1-4-6(12)8-7(9)5(2)10-11(8)3/h4,9H2,1-3H3. The molecule has 0 fully saturated rings. The molecule has 0 bridgehead atoms. The van der Waals surface area contributed by atoms with Gasteiger partial charge in [0.15, 0.2) is 5.78 Å². The molecule has 66 valence electrons. The molecule has 0 aromatic carbocycles. The van der Waals surface area contributed by atoms with Crippen LogP contribution in [0.4, 0.5) is 5.69 Å². The van der Waals surface area contributed by atoms with Gasteiger partial charge in [-0.1, -0.05) is 6.92 Å². The lowest BCUT2D eigenvalue weighted by atomic mass is 10.2. The lowest BCUT2D eigenvalue weighted by molar-refractivity contribution is 0.0980. The maximum Gasteiger partial charge on any atom is 0.182 e. The van der Waals surface area contributed by atoms with Crippen molar-refractivity contribution in [2.75, 3.05) is 5.73 Å². The van der Waals surface area contributed by atoms with Gasteiger partial charge in [-0.15, -0.1) is 0 Å². The fourth-order valence-corrected chi connectivity index (χ4v) is 1.17. The molecule has 0 amide bonds. The average molecular weight is 167 g/mol. The smallest absolute Gasteiger partial charge is 0.182 e. The topological polar surface area (TPSA) is 60.9 Å². The summed E-state index contributed by atoms with van der Waals surface area (Å²) in [6.07, 6.45) is 0.461. The van der Waals surface area contributed by atoms with Gasteiger partial charge in [0.05, 0.1) is 11.4 Å². The van der Waals surface area contributed by atoms with E-state index in [0.29, 0.717) is 23.5 Å². The molecule has 0 spiro atoms. The van der Waals surface area contributed by atoms with E-state index in [4.69, 9.17) is 5.73 Å². The van der Waals surface area contributed by atoms with E-state index in [1.54, 1.807) is 14.0 Å². The molecule has 4 heteroatoms. The van der Waals surface area contributed by atoms with Gasteiger partial charge in [0.1, 0.15) is 5.69 Å². The van der Waals surface area contributed by atoms with Crippen LogP contribution in [0.25, 0.3) is 0 Å². The minimum Gasteiger partial charge on any atom is -0.395 e. The number of carbonyl (C=O) groups is 1. The van der Waals surface area contributed by atoms with Crippen LogP contribution < -0.4 is 5.73 Å². The Bertz CT molecular complexity index is 314. The predicted octanol–water partition coefficient (Wildman–Crippen LogP) is 0.903. The molecular weight excluding hydrogens is 154 g/mol. The fraction of sp³-hybridized carbons (Fsp3) is 0.500. The maximum absolute atomic E-state index is 11.3. The maximum atomic E-state index is 11.3. The molecule has 0 atom stereocenters. The van der Waals surface area contributed by atoms with Crippen LogP contribution in [0, 0.1) is 6.92 Å². The number of hydrogen-bond acceptors (Lipinski definition) is 3.